The van der Waals surface area contributed by atoms with Gasteiger partial charge in [0, 0.05) is 18.9 Å². The van der Waals surface area contributed by atoms with Crippen LogP contribution in [0.5, 0.6) is 11.5 Å². The number of carbonyl (C=O) groups excluding carboxylic acids is 4. The van der Waals surface area contributed by atoms with Crippen LogP contribution in [0.2, 0.25) is 0 Å². The van der Waals surface area contributed by atoms with Gasteiger partial charge in [-0.3, -0.25) is 9.59 Å². The smallest absolute Gasteiger partial charge is 0.343 e. The predicted octanol–water partition coefficient (Wildman–Crippen LogP) is 5.43. The molecular formula is C31H26O6. The van der Waals surface area contributed by atoms with Gasteiger partial charge >= 0.3 is 11.9 Å². The van der Waals surface area contributed by atoms with E-state index in [-0.39, 0.29) is 24.4 Å². The third kappa shape index (κ3) is 8.11. The number of carbonyl (C=O) groups is 4. The van der Waals surface area contributed by atoms with Crippen LogP contribution in [0.15, 0.2) is 98.1 Å². The molecule has 0 saturated carbocycles. The molecule has 0 amide bonds. The van der Waals surface area contributed by atoms with Crippen LogP contribution < -0.4 is 9.47 Å². The Labute approximate surface area is 215 Å². The minimum Gasteiger partial charge on any atom is -0.423 e. The molecule has 0 saturated heterocycles. The molecule has 37 heavy (non-hydrogen) atoms. The molecule has 0 radical (unpaired) electrons. The van der Waals surface area contributed by atoms with Gasteiger partial charge in [-0.1, -0.05) is 49.6 Å². The number of ether oxygens (including phenoxy) is 2. The van der Waals surface area contributed by atoms with Crippen molar-refractivity contribution in [2.24, 2.45) is 0 Å². The summed E-state index contributed by atoms with van der Waals surface area (Å²) in [4.78, 5) is 47.6. The lowest BCUT2D eigenvalue weighted by Gasteiger charge is -2.09. The van der Waals surface area contributed by atoms with Gasteiger partial charge in [0.1, 0.15) is 11.5 Å². The molecule has 0 atom stereocenters. The lowest BCUT2D eigenvalue weighted by molar-refractivity contribution is -0.129. The zero-order valence-corrected chi connectivity index (χ0v) is 20.4. The predicted molar refractivity (Wildman–Crippen MR) is 142 cm³/mol. The van der Waals surface area contributed by atoms with Gasteiger partial charge in [0.05, 0.1) is 5.56 Å². The van der Waals surface area contributed by atoms with Gasteiger partial charge in [-0.05, 0) is 77.7 Å². The summed E-state index contributed by atoms with van der Waals surface area (Å²) in [7, 11) is 0. The van der Waals surface area contributed by atoms with Crippen LogP contribution in [0.25, 0.3) is 6.08 Å². The van der Waals surface area contributed by atoms with Crippen molar-refractivity contribution < 1.29 is 28.7 Å². The first-order chi connectivity index (χ1) is 17.8. The fourth-order valence-corrected chi connectivity index (χ4v) is 3.33. The Balaban J connectivity index is 1.56. The van der Waals surface area contributed by atoms with Gasteiger partial charge in [-0.15, -0.1) is 0 Å². The maximum absolute atomic E-state index is 12.5. The SMILES string of the molecule is C=CC(=O)Cc1ccc(/C=C/C(=O)Oc2ccc(OC(=O)c3ccc(CC(=O)C=C)cc3)c(C)c2)cc1. The van der Waals surface area contributed by atoms with Crippen LogP contribution in [0, 0.1) is 6.92 Å². The van der Waals surface area contributed by atoms with Crippen molar-refractivity contribution in [3.8, 4) is 11.5 Å². The number of rotatable bonds is 11. The maximum atomic E-state index is 12.5. The molecular weight excluding hydrogens is 468 g/mol. The molecule has 6 heteroatoms. The summed E-state index contributed by atoms with van der Waals surface area (Å²) in [6, 6.07) is 18.5. The van der Waals surface area contributed by atoms with Crippen molar-refractivity contribution >= 4 is 29.6 Å². The monoisotopic (exact) mass is 494 g/mol. The molecule has 3 aromatic carbocycles. The highest BCUT2D eigenvalue weighted by molar-refractivity contribution is 5.93. The highest BCUT2D eigenvalue weighted by Gasteiger charge is 2.12. The van der Waals surface area contributed by atoms with Crippen LogP contribution in [0.1, 0.15) is 32.6 Å². The summed E-state index contributed by atoms with van der Waals surface area (Å²) in [5.74, 6) is -0.630. The third-order valence-electron chi connectivity index (χ3n) is 5.36. The molecule has 0 N–H and O–H groups in total. The van der Waals surface area contributed by atoms with E-state index in [2.05, 4.69) is 13.2 Å². The van der Waals surface area contributed by atoms with Gasteiger partial charge in [0.2, 0.25) is 0 Å². The molecule has 6 nitrogen and oxygen atoms in total. The number of esters is 2. The van der Waals surface area contributed by atoms with E-state index in [0.29, 0.717) is 22.6 Å². The Kier molecular flexibility index (Phi) is 9.22. The first-order valence-electron chi connectivity index (χ1n) is 11.5. The van der Waals surface area contributed by atoms with Crippen LogP contribution >= 0.6 is 0 Å². The Bertz CT molecular complexity index is 1360. The largest absolute Gasteiger partial charge is 0.423 e. The molecule has 0 bridgehead atoms. The number of ketones is 2. The van der Waals surface area contributed by atoms with Gasteiger partial charge in [0.25, 0.3) is 0 Å². The normalized spacial score (nSPS) is 10.5. The van der Waals surface area contributed by atoms with Crippen molar-refractivity contribution in [2.75, 3.05) is 0 Å². The molecule has 3 aromatic rings. The van der Waals surface area contributed by atoms with E-state index in [1.165, 1.54) is 24.3 Å². The van der Waals surface area contributed by atoms with Crippen molar-refractivity contribution in [3.05, 3.63) is 126 Å². The Morgan fingerprint density at radius 2 is 1.32 bits per heavy atom. The molecule has 0 aliphatic heterocycles. The van der Waals surface area contributed by atoms with Gasteiger partial charge in [-0.25, -0.2) is 9.59 Å². The topological polar surface area (TPSA) is 86.7 Å². The van der Waals surface area contributed by atoms with Crippen molar-refractivity contribution in [3.63, 3.8) is 0 Å². The molecule has 0 heterocycles. The molecule has 0 unspecified atom stereocenters. The number of hydrogen-bond donors (Lipinski definition) is 0. The van der Waals surface area contributed by atoms with E-state index < -0.39 is 11.9 Å². The summed E-state index contributed by atoms with van der Waals surface area (Å²) >= 11 is 0. The van der Waals surface area contributed by atoms with Crippen molar-refractivity contribution in [2.45, 2.75) is 19.8 Å². The molecule has 186 valence electrons. The fraction of sp³-hybridized carbons (Fsp3) is 0.0968. The minimum atomic E-state index is -0.565. The summed E-state index contributed by atoms with van der Waals surface area (Å²) in [6.07, 6.45) is 5.97. The summed E-state index contributed by atoms with van der Waals surface area (Å²) in [5, 5.41) is 0. The molecule has 0 aliphatic carbocycles. The number of hydrogen-bond acceptors (Lipinski definition) is 6. The first kappa shape index (κ1) is 26.8. The zero-order chi connectivity index (χ0) is 26.8. The van der Waals surface area contributed by atoms with E-state index in [1.807, 2.05) is 12.1 Å². The molecule has 0 aliphatic rings. The molecule has 0 aromatic heterocycles. The highest BCUT2D eigenvalue weighted by Crippen LogP contribution is 2.25. The Hall–Kier alpha value is -4.84. The molecule has 0 fully saturated rings. The number of aryl methyl sites for hydroxylation is 1. The summed E-state index contributed by atoms with van der Waals surface area (Å²) in [5.41, 5.74) is 3.37. The van der Waals surface area contributed by atoms with E-state index in [1.54, 1.807) is 61.5 Å². The van der Waals surface area contributed by atoms with E-state index >= 15 is 0 Å². The van der Waals surface area contributed by atoms with Gasteiger partial charge in [-0.2, -0.15) is 0 Å². The average Bonchev–Trinajstić information content (AvgIpc) is 2.90. The second kappa shape index (κ2) is 12.7. The van der Waals surface area contributed by atoms with Crippen LogP contribution in [-0.2, 0) is 27.2 Å². The Morgan fingerprint density at radius 3 is 1.86 bits per heavy atom. The summed E-state index contributed by atoms with van der Waals surface area (Å²) < 4.78 is 10.8. The van der Waals surface area contributed by atoms with Crippen LogP contribution in [0.4, 0.5) is 0 Å². The Morgan fingerprint density at radius 1 is 0.757 bits per heavy atom. The number of benzene rings is 3. The first-order valence-corrected chi connectivity index (χ1v) is 11.5. The average molecular weight is 495 g/mol. The fourth-order valence-electron chi connectivity index (χ4n) is 3.33. The van der Waals surface area contributed by atoms with E-state index in [9.17, 15) is 19.2 Å². The van der Waals surface area contributed by atoms with Crippen LogP contribution in [-0.4, -0.2) is 23.5 Å². The second-order valence-corrected chi connectivity index (χ2v) is 8.20. The lowest BCUT2D eigenvalue weighted by Crippen LogP contribution is -2.10. The van der Waals surface area contributed by atoms with Crippen molar-refractivity contribution in [1.29, 1.82) is 0 Å². The second-order valence-electron chi connectivity index (χ2n) is 8.20. The standard InChI is InChI=1S/C31H26O6/c1-4-26(32)19-23-8-6-22(7-9-23)12-17-30(34)36-28-15-16-29(21(3)18-28)37-31(35)25-13-10-24(11-14-25)20-27(33)5-2/h4-18H,1-2,19-20H2,3H3/b17-12+. The van der Waals surface area contributed by atoms with Gasteiger partial charge in [0.15, 0.2) is 11.6 Å². The van der Waals surface area contributed by atoms with Crippen molar-refractivity contribution in [1.82, 2.24) is 0 Å². The van der Waals surface area contributed by atoms with Gasteiger partial charge < -0.3 is 9.47 Å². The lowest BCUT2D eigenvalue weighted by atomic mass is 10.1. The summed E-state index contributed by atoms with van der Waals surface area (Å²) in [6.45, 7) is 8.64. The highest BCUT2D eigenvalue weighted by atomic mass is 16.5. The zero-order valence-electron chi connectivity index (χ0n) is 20.4. The maximum Gasteiger partial charge on any atom is 0.343 e. The number of allylic oxidation sites excluding steroid dienone is 2. The van der Waals surface area contributed by atoms with Crippen LogP contribution in [0.3, 0.4) is 0 Å². The minimum absolute atomic E-state index is 0.0600. The van der Waals surface area contributed by atoms with E-state index in [0.717, 1.165) is 16.7 Å². The third-order valence-corrected chi connectivity index (χ3v) is 5.36. The van der Waals surface area contributed by atoms with E-state index in [4.69, 9.17) is 9.47 Å². The quantitative estimate of drug-likeness (QED) is 0.201. The molecule has 0 spiro atoms. The molecule has 3 rings (SSSR count).